The Balaban J connectivity index is 2.91. The van der Waals surface area contributed by atoms with Crippen molar-refractivity contribution in [3.63, 3.8) is 0 Å². The Kier molecular flexibility index (Phi) is 3.08. The van der Waals surface area contributed by atoms with Crippen molar-refractivity contribution in [2.75, 3.05) is 0 Å². The summed E-state index contributed by atoms with van der Waals surface area (Å²) in [6, 6.07) is 7.32. The van der Waals surface area contributed by atoms with Crippen molar-refractivity contribution in [3.8, 4) is 11.5 Å². The molecule has 4 heteroatoms. The van der Waals surface area contributed by atoms with E-state index in [1.807, 2.05) is 18.2 Å². The van der Waals surface area contributed by atoms with Crippen molar-refractivity contribution in [3.05, 3.63) is 29.8 Å². The van der Waals surface area contributed by atoms with E-state index < -0.39 is 9.76 Å². The molecule has 0 bridgehead atoms. The van der Waals surface area contributed by atoms with Crippen molar-refractivity contribution >= 4 is 25.7 Å². The summed E-state index contributed by atoms with van der Waals surface area (Å²) >= 11 is 0. The van der Waals surface area contributed by atoms with Gasteiger partial charge >= 0.3 is 0 Å². The molecule has 0 aliphatic heterocycles. The average Bonchev–Trinajstić information content (AvgIpc) is 2.29. The predicted octanol–water partition coefficient (Wildman–Crippen LogP) is 1.79. The smallest absolute Gasteiger partial charge is 0.270 e. The van der Waals surface area contributed by atoms with E-state index in [2.05, 4.69) is 20.8 Å². The summed E-state index contributed by atoms with van der Waals surface area (Å²) in [5.74, 6) is -0.412. The quantitative estimate of drug-likeness (QED) is 0.541. The first kappa shape index (κ1) is 12.9. The molecule has 2 aromatic rings. The van der Waals surface area contributed by atoms with E-state index in [-0.39, 0.29) is 16.9 Å². The molecule has 3 N–H and O–H groups in total. The van der Waals surface area contributed by atoms with Gasteiger partial charge in [-0.05, 0) is 27.8 Å². The molecule has 0 spiro atoms. The zero-order chi connectivity index (χ0) is 13.5. The Morgan fingerprint density at radius 1 is 1.06 bits per heavy atom. The highest BCUT2D eigenvalue weighted by atomic mass is 28.2. The minimum Gasteiger partial charge on any atom is -0.504 e. The van der Waals surface area contributed by atoms with Crippen LogP contribution in [-0.2, 0) is 5.41 Å². The molecule has 0 aliphatic rings. The monoisotopic (exact) mass is 260 g/mol. The third-order valence-corrected chi connectivity index (χ3v) is 3.79. The summed E-state index contributed by atoms with van der Waals surface area (Å²) in [7, 11) is -0.551. The van der Waals surface area contributed by atoms with Crippen LogP contribution in [0, 0.1) is 0 Å². The fraction of sp³-hybridized carbons (Fsp3) is 0.286. The van der Waals surface area contributed by atoms with Crippen molar-refractivity contribution in [2.24, 2.45) is 0 Å². The fourth-order valence-corrected chi connectivity index (χ4v) is 2.74. The molecule has 0 saturated heterocycles. The molecule has 3 nitrogen and oxygen atoms in total. The van der Waals surface area contributed by atoms with E-state index in [1.165, 1.54) is 0 Å². The Morgan fingerprint density at radius 2 is 1.72 bits per heavy atom. The van der Waals surface area contributed by atoms with Gasteiger partial charge in [-0.3, -0.25) is 0 Å². The molecule has 0 amide bonds. The molecule has 0 heterocycles. The second kappa shape index (κ2) is 4.30. The Bertz CT molecular complexity index is 600. The SMILES string of the molecule is CC(C)(C)c1cccc2c([Si]O)c(O)c(O)cc12. The summed E-state index contributed by atoms with van der Waals surface area (Å²) in [5.41, 5.74) is 1.01. The molecule has 18 heavy (non-hydrogen) atoms. The number of aromatic hydroxyl groups is 2. The minimum absolute atomic E-state index is 0.0707. The topological polar surface area (TPSA) is 60.7 Å². The first-order valence-corrected chi connectivity index (χ1v) is 6.69. The maximum absolute atomic E-state index is 9.79. The lowest BCUT2D eigenvalue weighted by atomic mass is 9.83. The number of hydrogen-bond donors (Lipinski definition) is 3. The van der Waals surface area contributed by atoms with Gasteiger partial charge in [0.2, 0.25) is 0 Å². The molecule has 0 unspecified atom stereocenters. The van der Waals surface area contributed by atoms with Gasteiger partial charge in [0.25, 0.3) is 9.76 Å². The third kappa shape index (κ3) is 1.98. The lowest BCUT2D eigenvalue weighted by molar-refractivity contribution is 0.407. The Labute approximate surface area is 109 Å². The van der Waals surface area contributed by atoms with Crippen LogP contribution in [0.15, 0.2) is 24.3 Å². The molecule has 2 rings (SSSR count). The van der Waals surface area contributed by atoms with Crippen LogP contribution in [0.5, 0.6) is 11.5 Å². The van der Waals surface area contributed by atoms with Crippen molar-refractivity contribution in [1.29, 1.82) is 0 Å². The summed E-state index contributed by atoms with van der Waals surface area (Å²) in [4.78, 5) is 9.39. The van der Waals surface area contributed by atoms with Crippen LogP contribution in [0.25, 0.3) is 10.8 Å². The van der Waals surface area contributed by atoms with E-state index in [9.17, 15) is 15.0 Å². The van der Waals surface area contributed by atoms with E-state index in [0.29, 0.717) is 5.19 Å². The van der Waals surface area contributed by atoms with Crippen LogP contribution in [0.1, 0.15) is 26.3 Å². The van der Waals surface area contributed by atoms with Gasteiger partial charge in [-0.1, -0.05) is 39.0 Å². The van der Waals surface area contributed by atoms with Gasteiger partial charge in [-0.2, -0.15) is 0 Å². The fourth-order valence-electron chi connectivity index (χ4n) is 2.17. The molecule has 94 valence electrons. The van der Waals surface area contributed by atoms with Crippen LogP contribution < -0.4 is 5.19 Å². The van der Waals surface area contributed by atoms with Crippen LogP contribution in [0.4, 0.5) is 0 Å². The van der Waals surface area contributed by atoms with Crippen LogP contribution in [0.2, 0.25) is 0 Å². The molecule has 0 fully saturated rings. The molecule has 0 aromatic heterocycles. The van der Waals surface area contributed by atoms with E-state index >= 15 is 0 Å². The molecule has 2 aromatic carbocycles. The highest BCUT2D eigenvalue weighted by Crippen LogP contribution is 2.34. The standard InChI is InChI=1S/C14H16O3Si/c1-14(2,3)10-6-4-5-8-9(10)7-11(15)12(16)13(8)18-17/h4-7,15-17H,1-3H3. The van der Waals surface area contributed by atoms with E-state index in [1.54, 1.807) is 6.07 Å². The minimum atomic E-state index is -0.551. The molecule has 0 aliphatic carbocycles. The van der Waals surface area contributed by atoms with Crippen molar-refractivity contribution < 1.29 is 15.0 Å². The molecule has 2 radical (unpaired) electrons. The number of benzene rings is 2. The molecular formula is C14H16O3Si. The van der Waals surface area contributed by atoms with Crippen molar-refractivity contribution in [1.82, 2.24) is 0 Å². The molecular weight excluding hydrogens is 244 g/mol. The predicted molar refractivity (Wildman–Crippen MR) is 73.6 cm³/mol. The van der Waals surface area contributed by atoms with Gasteiger partial charge in [-0.15, -0.1) is 0 Å². The zero-order valence-electron chi connectivity index (χ0n) is 10.7. The summed E-state index contributed by atoms with van der Waals surface area (Å²) in [6.45, 7) is 6.27. The maximum Gasteiger partial charge on any atom is 0.270 e. The van der Waals surface area contributed by atoms with E-state index in [0.717, 1.165) is 16.3 Å². The summed E-state index contributed by atoms with van der Waals surface area (Å²) in [6.07, 6.45) is 0. The van der Waals surface area contributed by atoms with Gasteiger partial charge in [-0.25, -0.2) is 0 Å². The Hall–Kier alpha value is -1.52. The first-order chi connectivity index (χ1) is 8.36. The normalized spacial score (nSPS) is 12.0. The molecule has 0 atom stereocenters. The largest absolute Gasteiger partial charge is 0.504 e. The maximum atomic E-state index is 9.79. The van der Waals surface area contributed by atoms with E-state index in [4.69, 9.17) is 0 Å². The van der Waals surface area contributed by atoms with Crippen LogP contribution in [0.3, 0.4) is 0 Å². The van der Waals surface area contributed by atoms with Gasteiger partial charge in [0.1, 0.15) is 0 Å². The average molecular weight is 260 g/mol. The second-order valence-electron chi connectivity index (χ2n) is 5.38. The van der Waals surface area contributed by atoms with Crippen LogP contribution >= 0.6 is 0 Å². The van der Waals surface area contributed by atoms with Gasteiger partial charge < -0.3 is 15.0 Å². The van der Waals surface area contributed by atoms with Gasteiger partial charge in [0, 0.05) is 5.19 Å². The first-order valence-electron chi connectivity index (χ1n) is 5.74. The molecule has 0 saturated carbocycles. The number of hydrogen-bond acceptors (Lipinski definition) is 3. The Morgan fingerprint density at radius 3 is 2.28 bits per heavy atom. The van der Waals surface area contributed by atoms with Gasteiger partial charge in [0.15, 0.2) is 11.5 Å². The second-order valence-corrected chi connectivity index (χ2v) is 6.11. The highest BCUT2D eigenvalue weighted by Gasteiger charge is 2.20. The summed E-state index contributed by atoms with van der Waals surface area (Å²) < 4.78 is 0. The number of rotatable bonds is 1. The number of phenols is 2. The van der Waals surface area contributed by atoms with Gasteiger partial charge in [0.05, 0.1) is 0 Å². The number of fused-ring (bicyclic) bond motifs is 1. The lowest BCUT2D eigenvalue weighted by Crippen LogP contribution is -2.18. The van der Waals surface area contributed by atoms with Crippen molar-refractivity contribution in [2.45, 2.75) is 26.2 Å². The lowest BCUT2D eigenvalue weighted by Gasteiger charge is -2.22. The van der Waals surface area contributed by atoms with Crippen LogP contribution in [-0.4, -0.2) is 24.8 Å². The zero-order valence-corrected chi connectivity index (χ0v) is 11.7. The third-order valence-electron chi connectivity index (χ3n) is 3.06. The highest BCUT2D eigenvalue weighted by molar-refractivity contribution is 6.52. The number of phenolic OH excluding ortho intramolecular Hbond substituents is 2. The summed E-state index contributed by atoms with van der Waals surface area (Å²) in [5, 5.41) is 21.6.